The molecule has 0 bridgehead atoms. The maximum atomic E-state index is 13.0. The van der Waals surface area contributed by atoms with E-state index in [1.807, 2.05) is 0 Å². The van der Waals surface area contributed by atoms with Crippen LogP contribution in [-0.2, 0) is 24.4 Å². The Labute approximate surface area is 144 Å². The molecular formula is C13H15F6O6S-. The molecule has 0 heterocycles. The molecule has 0 aromatic heterocycles. The van der Waals surface area contributed by atoms with Crippen LogP contribution in [0.1, 0.15) is 26.7 Å². The van der Waals surface area contributed by atoms with E-state index in [0.717, 1.165) is 0 Å². The summed E-state index contributed by atoms with van der Waals surface area (Å²) in [7, 11) is -6.11. The first-order valence-corrected chi connectivity index (χ1v) is 8.44. The minimum Gasteiger partial charge on any atom is -0.748 e. The Balaban J connectivity index is 6.05. The standard InChI is InChI=1S/C13H16F6O6S/c1-4-8(5-9(20)7(2)3)10(21)25-11(12(14,15)16,13(17,18)19)6-26(22,23)24/h8H,2,4-6H2,1,3H3,(H,22,23,24)/p-1. The summed E-state index contributed by atoms with van der Waals surface area (Å²) in [6.45, 7) is 5.61. The van der Waals surface area contributed by atoms with Crippen molar-refractivity contribution in [2.75, 3.05) is 5.75 Å². The number of rotatable bonds is 8. The molecule has 0 saturated heterocycles. The van der Waals surface area contributed by atoms with Crippen LogP contribution < -0.4 is 0 Å². The van der Waals surface area contributed by atoms with Crippen molar-refractivity contribution in [3.8, 4) is 0 Å². The summed E-state index contributed by atoms with van der Waals surface area (Å²) in [6, 6.07) is 0. The van der Waals surface area contributed by atoms with Gasteiger partial charge in [-0.05, 0) is 18.9 Å². The lowest BCUT2D eigenvalue weighted by Crippen LogP contribution is -2.63. The second-order valence-electron chi connectivity index (χ2n) is 5.46. The van der Waals surface area contributed by atoms with Gasteiger partial charge in [0.2, 0.25) is 0 Å². The average Bonchev–Trinajstić information content (AvgIpc) is 2.39. The molecule has 1 atom stereocenters. The van der Waals surface area contributed by atoms with Gasteiger partial charge in [-0.15, -0.1) is 0 Å². The van der Waals surface area contributed by atoms with Crippen molar-refractivity contribution in [3.63, 3.8) is 0 Å². The maximum Gasteiger partial charge on any atom is 0.438 e. The highest BCUT2D eigenvalue weighted by molar-refractivity contribution is 7.85. The number of ether oxygens (including phenoxy) is 1. The number of allylic oxidation sites excluding steroid dienone is 1. The molecule has 152 valence electrons. The van der Waals surface area contributed by atoms with Gasteiger partial charge in [-0.2, -0.15) is 26.3 Å². The van der Waals surface area contributed by atoms with Gasteiger partial charge < -0.3 is 9.29 Å². The van der Waals surface area contributed by atoms with Crippen LogP contribution >= 0.6 is 0 Å². The van der Waals surface area contributed by atoms with Gasteiger partial charge in [0.05, 0.1) is 21.8 Å². The minimum atomic E-state index is -6.45. The molecule has 0 spiro atoms. The van der Waals surface area contributed by atoms with E-state index in [1.165, 1.54) is 13.8 Å². The Bertz CT molecular complexity index is 650. The van der Waals surface area contributed by atoms with Gasteiger partial charge in [-0.3, -0.25) is 9.59 Å². The second-order valence-corrected chi connectivity index (χ2v) is 6.86. The number of hydrogen-bond acceptors (Lipinski definition) is 6. The predicted octanol–water partition coefficient (Wildman–Crippen LogP) is 2.50. The molecule has 0 amide bonds. The molecule has 0 aromatic carbocycles. The van der Waals surface area contributed by atoms with E-state index in [1.54, 1.807) is 0 Å². The van der Waals surface area contributed by atoms with Crippen molar-refractivity contribution in [1.82, 2.24) is 0 Å². The molecule has 26 heavy (non-hydrogen) atoms. The molecule has 0 saturated carbocycles. The normalized spacial score (nSPS) is 14.7. The lowest BCUT2D eigenvalue weighted by atomic mass is 9.96. The summed E-state index contributed by atoms with van der Waals surface area (Å²) in [5.41, 5.74) is -5.64. The van der Waals surface area contributed by atoms with Crippen LogP contribution in [0.2, 0.25) is 0 Å². The molecule has 0 rings (SSSR count). The fourth-order valence-corrected chi connectivity index (χ4v) is 2.65. The average molecular weight is 413 g/mol. The van der Waals surface area contributed by atoms with Gasteiger partial charge in [0.15, 0.2) is 5.78 Å². The Kier molecular flexibility index (Phi) is 7.45. The van der Waals surface area contributed by atoms with Gasteiger partial charge in [-0.25, -0.2) is 8.42 Å². The zero-order chi connectivity index (χ0) is 21.1. The summed E-state index contributed by atoms with van der Waals surface area (Å²) in [5.74, 6) is -7.73. The topological polar surface area (TPSA) is 101 Å². The number of hydrogen-bond donors (Lipinski definition) is 0. The zero-order valence-electron chi connectivity index (χ0n) is 13.5. The van der Waals surface area contributed by atoms with Crippen LogP contribution in [0.4, 0.5) is 26.3 Å². The first kappa shape index (κ1) is 24.4. The van der Waals surface area contributed by atoms with E-state index in [0.29, 0.717) is 0 Å². The molecule has 0 aliphatic heterocycles. The van der Waals surface area contributed by atoms with E-state index in [4.69, 9.17) is 0 Å². The number of carbonyl (C=O) groups is 2. The van der Waals surface area contributed by atoms with Crippen molar-refractivity contribution in [2.24, 2.45) is 5.92 Å². The first-order chi connectivity index (χ1) is 11.4. The summed E-state index contributed by atoms with van der Waals surface area (Å²) in [6.07, 6.45) is -14.1. The van der Waals surface area contributed by atoms with Gasteiger partial charge >= 0.3 is 23.9 Å². The largest absolute Gasteiger partial charge is 0.748 e. The Morgan fingerprint density at radius 2 is 1.54 bits per heavy atom. The van der Waals surface area contributed by atoms with Crippen molar-refractivity contribution < 1.29 is 53.6 Å². The lowest BCUT2D eigenvalue weighted by Gasteiger charge is -2.37. The zero-order valence-corrected chi connectivity index (χ0v) is 14.3. The highest BCUT2D eigenvalue weighted by atomic mass is 32.2. The molecule has 0 N–H and O–H groups in total. The Hall–Kier alpha value is -1.63. The molecule has 13 heteroatoms. The van der Waals surface area contributed by atoms with Gasteiger partial charge in [0, 0.05) is 6.42 Å². The van der Waals surface area contributed by atoms with E-state index >= 15 is 0 Å². The minimum absolute atomic E-state index is 0.101. The van der Waals surface area contributed by atoms with Gasteiger partial charge in [0.25, 0.3) is 0 Å². The van der Waals surface area contributed by atoms with E-state index in [-0.39, 0.29) is 12.0 Å². The van der Waals surface area contributed by atoms with Crippen molar-refractivity contribution >= 4 is 21.9 Å². The summed E-state index contributed by atoms with van der Waals surface area (Å²) in [4.78, 5) is 23.3. The molecule has 0 aliphatic rings. The molecule has 1 unspecified atom stereocenters. The lowest BCUT2D eigenvalue weighted by molar-refractivity contribution is -0.362. The summed E-state index contributed by atoms with van der Waals surface area (Å²) >= 11 is 0. The third kappa shape index (κ3) is 5.97. The van der Waals surface area contributed by atoms with Crippen molar-refractivity contribution in [3.05, 3.63) is 12.2 Å². The number of alkyl halides is 6. The maximum absolute atomic E-state index is 13.0. The Morgan fingerprint density at radius 3 is 1.81 bits per heavy atom. The fourth-order valence-electron chi connectivity index (χ4n) is 1.77. The van der Waals surface area contributed by atoms with Crippen molar-refractivity contribution in [2.45, 2.75) is 44.6 Å². The van der Waals surface area contributed by atoms with E-state index in [9.17, 15) is 48.9 Å². The van der Waals surface area contributed by atoms with Crippen LogP contribution in [0, 0.1) is 5.92 Å². The van der Waals surface area contributed by atoms with Gasteiger partial charge in [0.1, 0.15) is 0 Å². The van der Waals surface area contributed by atoms with Crippen molar-refractivity contribution in [1.29, 1.82) is 0 Å². The number of halogens is 6. The fraction of sp³-hybridized carbons (Fsp3) is 0.692. The third-order valence-electron chi connectivity index (χ3n) is 3.30. The molecule has 6 nitrogen and oxygen atoms in total. The summed E-state index contributed by atoms with van der Waals surface area (Å²) in [5, 5.41) is 0. The predicted molar refractivity (Wildman–Crippen MR) is 73.7 cm³/mol. The van der Waals surface area contributed by atoms with E-state index < -0.39 is 57.9 Å². The van der Waals surface area contributed by atoms with Crippen LogP contribution in [0.3, 0.4) is 0 Å². The Morgan fingerprint density at radius 1 is 1.12 bits per heavy atom. The van der Waals surface area contributed by atoms with Crippen LogP contribution in [-0.4, -0.2) is 48.4 Å². The quantitative estimate of drug-likeness (QED) is 0.262. The van der Waals surface area contributed by atoms with Crippen LogP contribution in [0.5, 0.6) is 0 Å². The molecule has 0 radical (unpaired) electrons. The molecular weight excluding hydrogens is 398 g/mol. The van der Waals surface area contributed by atoms with Crippen LogP contribution in [0.15, 0.2) is 12.2 Å². The number of carbonyl (C=O) groups excluding carboxylic acids is 2. The third-order valence-corrected chi connectivity index (χ3v) is 4.06. The van der Waals surface area contributed by atoms with Crippen LogP contribution in [0.25, 0.3) is 0 Å². The molecule has 0 fully saturated rings. The summed E-state index contributed by atoms with van der Waals surface area (Å²) < 4.78 is 114. The molecule has 0 aromatic rings. The second kappa shape index (κ2) is 7.94. The monoisotopic (exact) mass is 413 g/mol. The number of ketones is 1. The van der Waals surface area contributed by atoms with E-state index in [2.05, 4.69) is 11.3 Å². The SMILES string of the molecule is C=C(C)C(=O)CC(CC)C(=O)OC(CS(=O)(=O)[O-])(C(F)(F)F)C(F)(F)F. The van der Waals surface area contributed by atoms with Gasteiger partial charge in [-0.1, -0.05) is 13.5 Å². The number of Topliss-reactive ketones (excluding diaryl/α,β-unsaturated/α-hetero) is 1. The smallest absolute Gasteiger partial charge is 0.438 e. The highest BCUT2D eigenvalue weighted by Gasteiger charge is 2.75. The highest BCUT2D eigenvalue weighted by Crippen LogP contribution is 2.47. The number of esters is 1. The first-order valence-electron chi connectivity index (χ1n) is 6.86. The molecule has 0 aliphatic carbocycles.